The average Bonchev–Trinajstić information content (AvgIpc) is 3.27. The Morgan fingerprint density at radius 2 is 1.88 bits per heavy atom. The number of aryl methyl sites for hydroxylation is 1. The van der Waals surface area contributed by atoms with Crippen molar-refractivity contribution >= 4 is 22.4 Å². The van der Waals surface area contributed by atoms with Gasteiger partial charge in [0.05, 0.1) is 25.9 Å². The van der Waals surface area contributed by atoms with E-state index >= 15 is 0 Å². The molecule has 0 radical (unpaired) electrons. The van der Waals surface area contributed by atoms with Crippen LogP contribution in [0.1, 0.15) is 0 Å². The third-order valence-corrected chi connectivity index (χ3v) is 4.18. The second kappa shape index (κ2) is 6.44. The van der Waals surface area contributed by atoms with Crippen LogP contribution in [0.3, 0.4) is 0 Å². The maximum atomic E-state index is 5.34. The number of H-pyrrole nitrogens is 1. The Balaban J connectivity index is 1.63. The monoisotopic (exact) mass is 349 g/mol. The van der Waals surface area contributed by atoms with Crippen molar-refractivity contribution in [1.29, 1.82) is 0 Å². The van der Waals surface area contributed by atoms with Crippen LogP contribution >= 0.6 is 0 Å². The second-order valence-electron chi connectivity index (χ2n) is 5.94. The first kappa shape index (κ1) is 16.0. The molecule has 3 aromatic heterocycles. The third kappa shape index (κ3) is 2.95. The van der Waals surface area contributed by atoms with Crippen molar-refractivity contribution in [3.63, 3.8) is 0 Å². The predicted octanol–water partition coefficient (Wildman–Crippen LogP) is 3.72. The number of nitrogens with one attached hydrogen (secondary N) is 2. The highest BCUT2D eigenvalue weighted by molar-refractivity contribution is 5.87. The maximum absolute atomic E-state index is 5.34. The van der Waals surface area contributed by atoms with E-state index in [9.17, 15) is 0 Å². The molecule has 7 heteroatoms. The van der Waals surface area contributed by atoms with Crippen molar-refractivity contribution in [3.05, 3.63) is 48.9 Å². The Morgan fingerprint density at radius 1 is 1.04 bits per heavy atom. The van der Waals surface area contributed by atoms with Gasteiger partial charge in [-0.1, -0.05) is 0 Å². The zero-order valence-electron chi connectivity index (χ0n) is 14.8. The van der Waals surface area contributed by atoms with Crippen molar-refractivity contribution < 1.29 is 9.47 Å². The molecule has 0 spiro atoms. The number of rotatable bonds is 5. The summed E-state index contributed by atoms with van der Waals surface area (Å²) in [6.07, 6.45) is 5.65. The fourth-order valence-corrected chi connectivity index (χ4v) is 2.87. The van der Waals surface area contributed by atoms with Gasteiger partial charge in [-0.3, -0.25) is 4.68 Å². The lowest BCUT2D eigenvalue weighted by Crippen LogP contribution is -1.95. The van der Waals surface area contributed by atoms with Crippen LogP contribution in [0.5, 0.6) is 11.5 Å². The Morgan fingerprint density at radius 3 is 2.62 bits per heavy atom. The molecular weight excluding hydrogens is 330 g/mol. The van der Waals surface area contributed by atoms with Gasteiger partial charge in [0, 0.05) is 53.9 Å². The summed E-state index contributed by atoms with van der Waals surface area (Å²) in [5.74, 6) is 2.09. The molecule has 0 aliphatic heterocycles. The summed E-state index contributed by atoms with van der Waals surface area (Å²) in [7, 11) is 5.13. The van der Waals surface area contributed by atoms with Crippen molar-refractivity contribution in [3.8, 4) is 22.8 Å². The first-order valence-electron chi connectivity index (χ1n) is 8.13. The van der Waals surface area contributed by atoms with E-state index in [0.29, 0.717) is 11.5 Å². The third-order valence-electron chi connectivity index (χ3n) is 4.18. The van der Waals surface area contributed by atoms with Gasteiger partial charge in [-0.05, 0) is 18.2 Å². The molecule has 1 aromatic carbocycles. The molecule has 4 rings (SSSR count). The highest BCUT2D eigenvalue weighted by Gasteiger charge is 2.08. The van der Waals surface area contributed by atoms with Crippen LogP contribution in [0.25, 0.3) is 22.2 Å². The number of benzene rings is 1. The standard InChI is InChI=1S/C19H19N5O2/c1-24-11-13(10-21-24)15-6-12-9-20-19(8-16(12)23-15)22-14-4-5-17(25-2)18(7-14)26-3/h4-11,23H,1-3H3,(H,20,22). The Kier molecular flexibility index (Phi) is 3.96. The number of aromatic amines is 1. The van der Waals surface area contributed by atoms with Crippen LogP contribution in [0.4, 0.5) is 11.5 Å². The number of fused-ring (bicyclic) bond motifs is 1. The lowest BCUT2D eigenvalue weighted by molar-refractivity contribution is 0.355. The zero-order chi connectivity index (χ0) is 18.1. The molecule has 0 atom stereocenters. The Hall–Kier alpha value is -3.48. The number of hydrogen-bond acceptors (Lipinski definition) is 5. The van der Waals surface area contributed by atoms with Crippen LogP contribution in [0.15, 0.2) is 48.9 Å². The molecule has 0 amide bonds. The number of anilines is 2. The van der Waals surface area contributed by atoms with Crippen LogP contribution in [-0.4, -0.2) is 34.0 Å². The van der Waals surface area contributed by atoms with Gasteiger partial charge in [0.1, 0.15) is 5.82 Å². The van der Waals surface area contributed by atoms with Crippen molar-refractivity contribution in [2.24, 2.45) is 7.05 Å². The molecule has 132 valence electrons. The SMILES string of the molecule is COc1ccc(Nc2cc3[nH]c(-c4cnn(C)c4)cc3cn2)cc1OC. The van der Waals surface area contributed by atoms with E-state index in [2.05, 4.69) is 26.4 Å². The average molecular weight is 349 g/mol. The van der Waals surface area contributed by atoms with Crippen molar-refractivity contribution in [2.75, 3.05) is 19.5 Å². The fraction of sp³-hybridized carbons (Fsp3) is 0.158. The van der Waals surface area contributed by atoms with E-state index in [0.717, 1.165) is 33.7 Å². The first-order valence-corrected chi connectivity index (χ1v) is 8.13. The smallest absolute Gasteiger partial charge is 0.162 e. The molecule has 26 heavy (non-hydrogen) atoms. The zero-order valence-corrected chi connectivity index (χ0v) is 14.8. The summed E-state index contributed by atoms with van der Waals surface area (Å²) in [4.78, 5) is 7.90. The Bertz CT molecular complexity index is 1070. The molecule has 0 fully saturated rings. The van der Waals surface area contributed by atoms with E-state index < -0.39 is 0 Å². The van der Waals surface area contributed by atoms with Gasteiger partial charge in [0.15, 0.2) is 11.5 Å². The molecule has 7 nitrogen and oxygen atoms in total. The lowest BCUT2D eigenvalue weighted by Gasteiger charge is -2.10. The Labute approximate surface area is 150 Å². The number of methoxy groups -OCH3 is 2. The van der Waals surface area contributed by atoms with Crippen LogP contribution in [-0.2, 0) is 7.05 Å². The van der Waals surface area contributed by atoms with E-state index in [-0.39, 0.29) is 0 Å². The lowest BCUT2D eigenvalue weighted by atomic mass is 10.2. The van der Waals surface area contributed by atoms with Gasteiger partial charge in [-0.2, -0.15) is 5.10 Å². The second-order valence-corrected chi connectivity index (χ2v) is 5.94. The molecule has 0 aliphatic rings. The number of pyridine rings is 1. The number of hydrogen-bond donors (Lipinski definition) is 2. The maximum Gasteiger partial charge on any atom is 0.162 e. The number of nitrogens with zero attached hydrogens (tertiary/aromatic N) is 3. The summed E-state index contributed by atoms with van der Waals surface area (Å²) < 4.78 is 12.4. The van der Waals surface area contributed by atoms with E-state index in [1.54, 1.807) is 18.9 Å². The summed E-state index contributed by atoms with van der Waals surface area (Å²) in [6, 6.07) is 9.70. The van der Waals surface area contributed by atoms with Gasteiger partial charge < -0.3 is 19.8 Å². The molecule has 0 saturated carbocycles. The topological polar surface area (TPSA) is 77.0 Å². The van der Waals surface area contributed by atoms with Gasteiger partial charge in [-0.15, -0.1) is 0 Å². The molecule has 0 aliphatic carbocycles. The van der Waals surface area contributed by atoms with Gasteiger partial charge in [-0.25, -0.2) is 4.98 Å². The van der Waals surface area contributed by atoms with Gasteiger partial charge in [0.2, 0.25) is 0 Å². The molecule has 0 saturated heterocycles. The molecule has 2 N–H and O–H groups in total. The number of aromatic nitrogens is 4. The predicted molar refractivity (Wildman–Crippen MR) is 101 cm³/mol. The molecule has 4 aromatic rings. The quantitative estimate of drug-likeness (QED) is 0.574. The highest BCUT2D eigenvalue weighted by atomic mass is 16.5. The summed E-state index contributed by atoms with van der Waals surface area (Å²) in [5, 5.41) is 8.55. The molecule has 3 heterocycles. The van der Waals surface area contributed by atoms with Crippen LogP contribution < -0.4 is 14.8 Å². The molecular formula is C19H19N5O2. The van der Waals surface area contributed by atoms with Crippen molar-refractivity contribution in [2.45, 2.75) is 0 Å². The highest BCUT2D eigenvalue weighted by Crippen LogP contribution is 2.31. The largest absolute Gasteiger partial charge is 0.493 e. The van der Waals surface area contributed by atoms with Crippen LogP contribution in [0, 0.1) is 0 Å². The number of ether oxygens (including phenoxy) is 2. The summed E-state index contributed by atoms with van der Waals surface area (Å²) in [6.45, 7) is 0. The summed E-state index contributed by atoms with van der Waals surface area (Å²) in [5.41, 5.74) is 3.92. The molecule has 0 bridgehead atoms. The van der Waals surface area contributed by atoms with Gasteiger partial charge >= 0.3 is 0 Å². The fourth-order valence-electron chi connectivity index (χ4n) is 2.87. The minimum atomic E-state index is 0.664. The van der Waals surface area contributed by atoms with Gasteiger partial charge in [0.25, 0.3) is 0 Å². The normalized spacial score (nSPS) is 10.9. The van der Waals surface area contributed by atoms with Crippen LogP contribution in [0.2, 0.25) is 0 Å². The molecule has 0 unspecified atom stereocenters. The van der Waals surface area contributed by atoms with E-state index in [1.807, 2.05) is 49.9 Å². The minimum Gasteiger partial charge on any atom is -0.493 e. The van der Waals surface area contributed by atoms with Crippen molar-refractivity contribution in [1.82, 2.24) is 19.7 Å². The first-order chi connectivity index (χ1) is 12.7. The van der Waals surface area contributed by atoms with E-state index in [1.165, 1.54) is 0 Å². The van der Waals surface area contributed by atoms with E-state index in [4.69, 9.17) is 9.47 Å². The summed E-state index contributed by atoms with van der Waals surface area (Å²) >= 11 is 0. The minimum absolute atomic E-state index is 0.664.